The van der Waals surface area contributed by atoms with Gasteiger partial charge in [0, 0.05) is 17.0 Å². The smallest absolute Gasteiger partial charge is 0.166 e. The van der Waals surface area contributed by atoms with E-state index in [0.717, 1.165) is 50.1 Å². The van der Waals surface area contributed by atoms with Crippen LogP contribution in [0.15, 0.2) is 35.5 Å². The number of nitrogens with one attached hydrogen (secondary N) is 1. The fraction of sp³-hybridized carbons (Fsp3) is 0.235. The Kier molecular flexibility index (Phi) is 3.98. The molecule has 2 aromatic carbocycles. The fourth-order valence-electron chi connectivity index (χ4n) is 2.64. The largest absolute Gasteiger partial charge is 0.496 e. The van der Waals surface area contributed by atoms with Crippen molar-refractivity contribution < 1.29 is 4.74 Å². The number of aryl methyl sites for hydroxylation is 1. The summed E-state index contributed by atoms with van der Waals surface area (Å²) in [6.07, 6.45) is 0. The van der Waals surface area contributed by atoms with Crippen LogP contribution in [0.3, 0.4) is 0 Å². The van der Waals surface area contributed by atoms with Crippen molar-refractivity contribution in [3.63, 3.8) is 0 Å². The van der Waals surface area contributed by atoms with Gasteiger partial charge in [-0.1, -0.05) is 23.9 Å². The molecule has 114 valence electrons. The third-order valence-electron chi connectivity index (χ3n) is 3.78. The maximum atomic E-state index is 6.24. The van der Waals surface area contributed by atoms with Gasteiger partial charge in [0.25, 0.3) is 0 Å². The van der Waals surface area contributed by atoms with Gasteiger partial charge in [-0.05, 0) is 43.2 Å². The zero-order chi connectivity index (χ0) is 15.7. The zero-order valence-electron chi connectivity index (χ0n) is 12.9. The van der Waals surface area contributed by atoms with Gasteiger partial charge in [-0.2, -0.15) is 0 Å². The second-order valence-corrected chi connectivity index (χ2v) is 6.24. The van der Waals surface area contributed by atoms with Gasteiger partial charge >= 0.3 is 0 Å². The van der Waals surface area contributed by atoms with Crippen LogP contribution in [-0.2, 0) is 5.75 Å². The molecule has 3 N–H and O–H groups in total. The van der Waals surface area contributed by atoms with Gasteiger partial charge in [0.15, 0.2) is 5.16 Å². The number of nitrogen functional groups attached to an aromatic ring is 1. The molecule has 22 heavy (non-hydrogen) atoms. The van der Waals surface area contributed by atoms with E-state index in [1.165, 1.54) is 0 Å². The van der Waals surface area contributed by atoms with E-state index < -0.39 is 0 Å². The summed E-state index contributed by atoms with van der Waals surface area (Å²) in [6.45, 7) is 4.04. The molecule has 5 heteroatoms. The Morgan fingerprint density at radius 2 is 2.05 bits per heavy atom. The minimum absolute atomic E-state index is 0.775. The molecule has 0 fully saturated rings. The average Bonchev–Trinajstić information content (AvgIpc) is 2.93. The molecule has 1 heterocycles. The van der Waals surface area contributed by atoms with Gasteiger partial charge in [0.2, 0.25) is 0 Å². The van der Waals surface area contributed by atoms with E-state index in [1.807, 2.05) is 38.1 Å². The highest BCUT2D eigenvalue weighted by molar-refractivity contribution is 7.98. The molecule has 0 aliphatic carbocycles. The number of benzene rings is 2. The first-order valence-electron chi connectivity index (χ1n) is 7.10. The molecule has 0 amide bonds. The quantitative estimate of drug-likeness (QED) is 0.563. The molecular formula is C17H19N3OS. The van der Waals surface area contributed by atoms with E-state index >= 15 is 0 Å². The molecule has 4 nitrogen and oxygen atoms in total. The summed E-state index contributed by atoms with van der Waals surface area (Å²) in [5.74, 6) is 1.65. The highest BCUT2D eigenvalue weighted by Gasteiger charge is 2.12. The van der Waals surface area contributed by atoms with E-state index in [-0.39, 0.29) is 0 Å². The maximum Gasteiger partial charge on any atom is 0.166 e. The highest BCUT2D eigenvalue weighted by Crippen LogP contribution is 2.34. The van der Waals surface area contributed by atoms with Crippen LogP contribution in [0.1, 0.15) is 16.7 Å². The number of nitrogens with zero attached hydrogens (tertiary/aromatic N) is 1. The number of anilines is 1. The van der Waals surface area contributed by atoms with Crippen molar-refractivity contribution in [1.29, 1.82) is 0 Å². The van der Waals surface area contributed by atoms with Gasteiger partial charge < -0.3 is 15.5 Å². The lowest BCUT2D eigenvalue weighted by Crippen LogP contribution is -2.01. The van der Waals surface area contributed by atoms with Crippen LogP contribution in [0, 0.1) is 13.8 Å². The SMILES string of the molecule is COc1c(C)cc(CSc2nc3ccccc3[nH]2)c(N)c1C. The van der Waals surface area contributed by atoms with Crippen LogP contribution in [0.5, 0.6) is 5.75 Å². The van der Waals surface area contributed by atoms with Crippen molar-refractivity contribution in [2.24, 2.45) is 0 Å². The molecular weight excluding hydrogens is 294 g/mol. The summed E-state index contributed by atoms with van der Waals surface area (Å²) in [7, 11) is 1.68. The molecule has 0 radical (unpaired) electrons. The topological polar surface area (TPSA) is 63.9 Å². The third kappa shape index (κ3) is 2.64. The first-order valence-corrected chi connectivity index (χ1v) is 8.08. The second kappa shape index (κ2) is 5.93. The summed E-state index contributed by atoms with van der Waals surface area (Å²) in [6, 6.07) is 10.1. The van der Waals surface area contributed by atoms with Crippen LogP contribution < -0.4 is 10.5 Å². The Labute approximate surface area is 134 Å². The predicted molar refractivity (Wildman–Crippen MR) is 92.5 cm³/mol. The van der Waals surface area contributed by atoms with Gasteiger partial charge in [-0.15, -0.1) is 0 Å². The first-order chi connectivity index (χ1) is 10.6. The van der Waals surface area contributed by atoms with E-state index in [1.54, 1.807) is 18.9 Å². The number of H-pyrrole nitrogens is 1. The van der Waals surface area contributed by atoms with Gasteiger partial charge in [-0.25, -0.2) is 4.98 Å². The Morgan fingerprint density at radius 1 is 1.27 bits per heavy atom. The lowest BCUT2D eigenvalue weighted by atomic mass is 10.0. The number of hydrogen-bond donors (Lipinski definition) is 2. The minimum Gasteiger partial charge on any atom is -0.496 e. The molecule has 0 aliphatic rings. The van der Waals surface area contributed by atoms with E-state index in [4.69, 9.17) is 10.5 Å². The number of aromatic amines is 1. The third-order valence-corrected chi connectivity index (χ3v) is 4.70. The van der Waals surface area contributed by atoms with Crippen molar-refractivity contribution in [1.82, 2.24) is 9.97 Å². The predicted octanol–water partition coefficient (Wildman–Crippen LogP) is 4.06. The summed E-state index contributed by atoms with van der Waals surface area (Å²) in [4.78, 5) is 7.90. The number of rotatable bonds is 4. The molecule has 0 aliphatic heterocycles. The van der Waals surface area contributed by atoms with Crippen molar-refractivity contribution in [3.8, 4) is 5.75 Å². The van der Waals surface area contributed by atoms with E-state index in [0.29, 0.717) is 0 Å². The van der Waals surface area contributed by atoms with Crippen molar-refractivity contribution in [2.75, 3.05) is 12.8 Å². The molecule has 3 aromatic rings. The Hall–Kier alpha value is -2.14. The molecule has 3 rings (SSSR count). The number of methoxy groups -OCH3 is 1. The summed E-state index contributed by atoms with van der Waals surface area (Å²) < 4.78 is 5.41. The van der Waals surface area contributed by atoms with Crippen LogP contribution in [-0.4, -0.2) is 17.1 Å². The number of imidazole rings is 1. The lowest BCUT2D eigenvalue weighted by Gasteiger charge is -2.14. The van der Waals surface area contributed by atoms with Crippen molar-refractivity contribution in [2.45, 2.75) is 24.8 Å². The summed E-state index contributed by atoms with van der Waals surface area (Å²) >= 11 is 1.66. The molecule has 1 aromatic heterocycles. The van der Waals surface area contributed by atoms with Crippen molar-refractivity contribution >= 4 is 28.5 Å². The number of thioether (sulfide) groups is 1. The Bertz CT molecular complexity index is 793. The molecule has 0 saturated carbocycles. The summed E-state index contributed by atoms with van der Waals surface area (Å²) in [5, 5.41) is 0.909. The van der Waals surface area contributed by atoms with Crippen molar-refractivity contribution in [3.05, 3.63) is 47.0 Å². The molecule has 0 spiro atoms. The Balaban J connectivity index is 1.84. The average molecular weight is 313 g/mol. The van der Waals surface area contributed by atoms with Crippen LogP contribution >= 0.6 is 11.8 Å². The molecule has 0 saturated heterocycles. The first kappa shape index (κ1) is 14.8. The van der Waals surface area contributed by atoms with E-state index in [2.05, 4.69) is 16.0 Å². The number of nitrogens with two attached hydrogens (primary N) is 1. The molecule has 0 atom stereocenters. The van der Waals surface area contributed by atoms with Crippen LogP contribution in [0.25, 0.3) is 11.0 Å². The van der Waals surface area contributed by atoms with Gasteiger partial charge in [0.1, 0.15) is 5.75 Å². The maximum absolute atomic E-state index is 6.24. The van der Waals surface area contributed by atoms with E-state index in [9.17, 15) is 0 Å². The minimum atomic E-state index is 0.775. The standard InChI is InChI=1S/C17H19N3OS/c1-10-8-12(15(18)11(2)16(10)21-3)9-22-17-19-13-6-4-5-7-14(13)20-17/h4-8H,9,18H2,1-3H3,(H,19,20). The molecule has 0 bridgehead atoms. The normalized spacial score (nSPS) is 11.0. The number of ether oxygens (including phenoxy) is 1. The van der Waals surface area contributed by atoms with Crippen LogP contribution in [0.4, 0.5) is 5.69 Å². The fourth-order valence-corrected chi connectivity index (χ4v) is 3.52. The van der Waals surface area contributed by atoms with Crippen LogP contribution in [0.2, 0.25) is 0 Å². The second-order valence-electron chi connectivity index (χ2n) is 5.27. The zero-order valence-corrected chi connectivity index (χ0v) is 13.8. The number of aromatic nitrogens is 2. The monoisotopic (exact) mass is 313 g/mol. The molecule has 0 unspecified atom stereocenters. The number of hydrogen-bond acceptors (Lipinski definition) is 4. The Morgan fingerprint density at radius 3 is 2.77 bits per heavy atom. The number of fused-ring (bicyclic) bond motifs is 1. The highest BCUT2D eigenvalue weighted by atomic mass is 32.2. The lowest BCUT2D eigenvalue weighted by molar-refractivity contribution is 0.409. The summed E-state index contributed by atoms with van der Waals surface area (Å²) in [5.41, 5.74) is 12.3. The van der Waals surface area contributed by atoms with Gasteiger partial charge in [0.05, 0.1) is 18.1 Å². The van der Waals surface area contributed by atoms with Gasteiger partial charge in [-0.3, -0.25) is 0 Å². The number of para-hydroxylation sites is 2.